The zero-order chi connectivity index (χ0) is 21.1. The van der Waals surface area contributed by atoms with Gasteiger partial charge in [0.1, 0.15) is 5.66 Å². The average molecular weight is 425 g/mol. The van der Waals surface area contributed by atoms with Crippen molar-refractivity contribution in [2.24, 2.45) is 5.41 Å². The van der Waals surface area contributed by atoms with E-state index in [0.29, 0.717) is 11.6 Å². The SMILES string of the molecule is CCCCC1(CO[SiH](C)C)N(C)C(C(C)(C)C)=C(CO)N1c1ccccc1Cl. The van der Waals surface area contributed by atoms with Gasteiger partial charge in [0.05, 0.1) is 29.6 Å². The number of hydrogen-bond acceptors (Lipinski definition) is 4. The van der Waals surface area contributed by atoms with E-state index in [1.807, 2.05) is 24.3 Å². The zero-order valence-electron chi connectivity index (χ0n) is 18.6. The molecular weight excluding hydrogens is 388 g/mol. The molecule has 1 aliphatic rings. The highest BCUT2D eigenvalue weighted by Gasteiger charge is 2.52. The van der Waals surface area contributed by atoms with Gasteiger partial charge in [0.25, 0.3) is 0 Å². The van der Waals surface area contributed by atoms with E-state index >= 15 is 0 Å². The summed E-state index contributed by atoms with van der Waals surface area (Å²) in [5.74, 6) is 0. The predicted octanol–water partition coefficient (Wildman–Crippen LogP) is 5.23. The molecule has 0 saturated carbocycles. The molecule has 0 aromatic heterocycles. The second-order valence-corrected chi connectivity index (χ2v) is 11.8. The van der Waals surface area contributed by atoms with Crippen LogP contribution in [-0.2, 0) is 4.43 Å². The summed E-state index contributed by atoms with van der Waals surface area (Å²) in [5.41, 5.74) is 2.51. The first-order valence-corrected chi connectivity index (χ1v) is 13.5. The number of anilines is 1. The van der Waals surface area contributed by atoms with Gasteiger partial charge in [0.15, 0.2) is 9.04 Å². The summed E-state index contributed by atoms with van der Waals surface area (Å²) in [4.78, 5) is 4.62. The largest absolute Gasteiger partial charge is 0.416 e. The molecule has 1 aromatic rings. The van der Waals surface area contributed by atoms with Crippen LogP contribution in [0.4, 0.5) is 5.69 Å². The maximum absolute atomic E-state index is 10.5. The molecule has 28 heavy (non-hydrogen) atoms. The van der Waals surface area contributed by atoms with Crippen molar-refractivity contribution in [3.8, 4) is 0 Å². The Morgan fingerprint density at radius 3 is 2.36 bits per heavy atom. The molecule has 0 amide bonds. The van der Waals surface area contributed by atoms with Crippen molar-refractivity contribution >= 4 is 26.3 Å². The first-order valence-electron chi connectivity index (χ1n) is 10.3. The first kappa shape index (κ1) is 23.3. The van der Waals surface area contributed by atoms with Gasteiger partial charge >= 0.3 is 0 Å². The van der Waals surface area contributed by atoms with Crippen LogP contribution in [0.3, 0.4) is 0 Å². The Hall–Kier alpha value is -1.01. The highest BCUT2D eigenvalue weighted by molar-refractivity contribution is 6.48. The summed E-state index contributed by atoms with van der Waals surface area (Å²) in [7, 11) is 0.923. The van der Waals surface area contributed by atoms with Crippen LogP contribution in [0.15, 0.2) is 35.7 Å². The quantitative estimate of drug-likeness (QED) is 0.579. The number of allylic oxidation sites excluding steroid dienone is 1. The van der Waals surface area contributed by atoms with Gasteiger partial charge in [0.2, 0.25) is 0 Å². The normalized spacial score (nSPS) is 20.6. The van der Waals surface area contributed by atoms with Gasteiger partial charge < -0.3 is 19.3 Å². The topological polar surface area (TPSA) is 35.9 Å². The molecule has 1 heterocycles. The third kappa shape index (κ3) is 4.43. The van der Waals surface area contributed by atoms with Gasteiger partial charge in [-0.2, -0.15) is 0 Å². The van der Waals surface area contributed by atoms with Gasteiger partial charge in [-0.25, -0.2) is 0 Å². The molecule has 0 bridgehead atoms. The fraction of sp³-hybridized carbons (Fsp3) is 0.636. The molecule has 4 nitrogen and oxygen atoms in total. The monoisotopic (exact) mass is 424 g/mol. The highest BCUT2D eigenvalue weighted by atomic mass is 35.5. The van der Waals surface area contributed by atoms with E-state index in [-0.39, 0.29) is 17.7 Å². The Labute approximate surface area is 177 Å². The molecule has 0 radical (unpaired) electrons. The Kier molecular flexibility index (Phi) is 7.65. The maximum Gasteiger partial charge on any atom is 0.171 e. The summed E-state index contributed by atoms with van der Waals surface area (Å²) in [6.07, 6.45) is 3.12. The first-order chi connectivity index (χ1) is 13.1. The van der Waals surface area contributed by atoms with E-state index in [1.165, 1.54) is 0 Å². The second-order valence-electron chi connectivity index (χ2n) is 9.00. The number of unbranched alkanes of at least 4 members (excludes halogenated alkanes) is 1. The smallest absolute Gasteiger partial charge is 0.171 e. The van der Waals surface area contributed by atoms with Crippen LogP contribution in [0.2, 0.25) is 18.1 Å². The number of aliphatic hydroxyl groups excluding tert-OH is 1. The van der Waals surface area contributed by atoms with E-state index in [0.717, 1.165) is 36.3 Å². The Bertz CT molecular complexity index is 702. The van der Waals surface area contributed by atoms with Gasteiger partial charge in [-0.15, -0.1) is 0 Å². The zero-order valence-corrected chi connectivity index (χ0v) is 20.5. The van der Waals surface area contributed by atoms with Gasteiger partial charge in [-0.3, -0.25) is 0 Å². The minimum atomic E-state index is -1.22. The highest BCUT2D eigenvalue weighted by Crippen LogP contribution is 2.49. The lowest BCUT2D eigenvalue weighted by Crippen LogP contribution is -2.58. The number of benzene rings is 1. The number of halogens is 1. The van der Waals surface area contributed by atoms with Crippen molar-refractivity contribution in [1.82, 2.24) is 4.90 Å². The minimum Gasteiger partial charge on any atom is -0.416 e. The molecule has 6 heteroatoms. The molecule has 1 aromatic carbocycles. The third-order valence-corrected chi connectivity index (χ3v) is 6.60. The summed E-state index contributed by atoms with van der Waals surface area (Å²) in [6, 6.07) is 7.92. The van der Waals surface area contributed by atoms with Gasteiger partial charge in [-0.05, 0) is 38.1 Å². The maximum atomic E-state index is 10.5. The Morgan fingerprint density at radius 2 is 1.86 bits per heavy atom. The predicted molar refractivity (Wildman–Crippen MR) is 122 cm³/mol. The fourth-order valence-corrected chi connectivity index (χ4v) is 5.09. The fourth-order valence-electron chi connectivity index (χ4n) is 4.27. The number of aliphatic hydroxyl groups is 1. The lowest BCUT2D eigenvalue weighted by atomic mass is 9.89. The number of nitrogens with zero attached hydrogens (tertiary/aromatic N) is 2. The lowest BCUT2D eigenvalue weighted by Gasteiger charge is -2.47. The van der Waals surface area contributed by atoms with E-state index < -0.39 is 9.04 Å². The van der Waals surface area contributed by atoms with Crippen molar-refractivity contribution in [3.63, 3.8) is 0 Å². The molecule has 0 aliphatic carbocycles. The van der Waals surface area contributed by atoms with E-state index in [4.69, 9.17) is 16.0 Å². The van der Waals surface area contributed by atoms with Gasteiger partial charge in [-0.1, -0.05) is 57.8 Å². The van der Waals surface area contributed by atoms with Crippen LogP contribution in [0.25, 0.3) is 0 Å². The summed E-state index contributed by atoms with van der Waals surface area (Å²) >= 11 is 6.66. The third-order valence-electron chi connectivity index (χ3n) is 5.45. The lowest BCUT2D eigenvalue weighted by molar-refractivity contribution is 0.0811. The Balaban J connectivity index is 2.73. The molecule has 0 spiro atoms. The van der Waals surface area contributed by atoms with Crippen LogP contribution in [0.5, 0.6) is 0 Å². The van der Waals surface area contributed by atoms with Crippen LogP contribution in [0, 0.1) is 5.41 Å². The van der Waals surface area contributed by atoms with Gasteiger partial charge in [0, 0.05) is 18.2 Å². The molecule has 1 aliphatic heterocycles. The average Bonchev–Trinajstić information content (AvgIpc) is 2.87. The molecule has 1 atom stereocenters. The summed E-state index contributed by atoms with van der Waals surface area (Å²) in [5, 5.41) is 11.2. The van der Waals surface area contributed by atoms with Crippen LogP contribution >= 0.6 is 11.6 Å². The standard InChI is InChI=1S/C22H37ClN2O2Si/c1-8-9-14-22(16-27-28(6)7)24(5)20(21(2,3)4)19(15-26)25(22)18-13-11-10-12-17(18)23/h10-13,26,28H,8-9,14-16H2,1-7H3. The molecule has 1 N–H and O–H groups in total. The molecule has 0 saturated heterocycles. The minimum absolute atomic E-state index is 0.0326. The molecule has 1 unspecified atom stereocenters. The summed E-state index contributed by atoms with van der Waals surface area (Å²) in [6.45, 7) is 13.8. The molecule has 158 valence electrons. The van der Waals surface area contributed by atoms with Crippen LogP contribution in [0.1, 0.15) is 47.0 Å². The number of para-hydroxylation sites is 1. The molecule has 2 rings (SSSR count). The van der Waals surface area contributed by atoms with Crippen molar-refractivity contribution in [2.75, 3.05) is 25.2 Å². The number of likely N-dealkylation sites (N-methyl/N-ethyl adjacent to an activating group) is 1. The van der Waals surface area contributed by atoms with E-state index in [1.54, 1.807) is 0 Å². The number of hydrogen-bond donors (Lipinski definition) is 1. The molecule has 0 fully saturated rings. The summed E-state index contributed by atoms with van der Waals surface area (Å²) < 4.78 is 6.35. The van der Waals surface area contributed by atoms with Crippen LogP contribution in [-0.4, -0.2) is 45.0 Å². The Morgan fingerprint density at radius 1 is 1.21 bits per heavy atom. The van der Waals surface area contributed by atoms with Crippen molar-refractivity contribution in [2.45, 2.75) is 65.7 Å². The van der Waals surface area contributed by atoms with E-state index in [2.05, 4.69) is 57.6 Å². The second kappa shape index (κ2) is 9.20. The van der Waals surface area contributed by atoms with Crippen LogP contribution < -0.4 is 4.90 Å². The number of rotatable bonds is 8. The van der Waals surface area contributed by atoms with Crippen molar-refractivity contribution < 1.29 is 9.53 Å². The van der Waals surface area contributed by atoms with E-state index in [9.17, 15) is 5.11 Å². The molecular formula is C22H37ClN2O2Si. The van der Waals surface area contributed by atoms with Crippen molar-refractivity contribution in [3.05, 3.63) is 40.7 Å². The van der Waals surface area contributed by atoms with Crippen molar-refractivity contribution in [1.29, 1.82) is 0 Å².